The average Bonchev–Trinajstić information content (AvgIpc) is 3.13. The largest absolute Gasteiger partial charge is 0.443 e. The number of amidine groups is 1. The Hall–Kier alpha value is -2.39. The van der Waals surface area contributed by atoms with Crippen LogP contribution in [-0.4, -0.2) is 17.3 Å². The Morgan fingerprint density at radius 1 is 1.23 bits per heavy atom. The van der Waals surface area contributed by atoms with Gasteiger partial charge in [0.1, 0.15) is 23.2 Å². The lowest BCUT2D eigenvalue weighted by atomic mass is 9.72. The molecule has 1 saturated carbocycles. The van der Waals surface area contributed by atoms with E-state index in [9.17, 15) is 5.26 Å². The van der Waals surface area contributed by atoms with Crippen LogP contribution in [0.25, 0.3) is 0 Å². The van der Waals surface area contributed by atoms with Crippen LogP contribution < -0.4 is 10.1 Å². The molecule has 0 bridgehead atoms. The van der Waals surface area contributed by atoms with E-state index < -0.39 is 0 Å². The van der Waals surface area contributed by atoms with Gasteiger partial charge < -0.3 is 10.1 Å². The number of rotatable bonds is 5. The number of nitrogens with one attached hydrogen (secondary N) is 1. The van der Waals surface area contributed by atoms with Crippen molar-refractivity contribution in [1.82, 2.24) is 9.69 Å². The molecule has 0 atom stereocenters. The number of aliphatic imine (C=N–C) groups is 1. The maximum atomic E-state index is 9.87. The van der Waals surface area contributed by atoms with Crippen LogP contribution >= 0.6 is 11.5 Å². The van der Waals surface area contributed by atoms with Gasteiger partial charge >= 0.3 is 0 Å². The molecular weight excluding hydrogens is 392 g/mol. The minimum atomic E-state index is -0.0225. The van der Waals surface area contributed by atoms with Crippen LogP contribution in [0.15, 0.2) is 17.1 Å². The van der Waals surface area contributed by atoms with Gasteiger partial charge in [0.2, 0.25) is 5.06 Å². The lowest BCUT2D eigenvalue weighted by molar-refractivity contribution is 0.313. The second-order valence-electron chi connectivity index (χ2n) is 8.83. The molecule has 1 heterocycles. The second-order valence-corrected chi connectivity index (χ2v) is 9.57. The zero-order valence-electron chi connectivity index (χ0n) is 18.9. The summed E-state index contributed by atoms with van der Waals surface area (Å²) in [5.41, 5.74) is 4.44. The van der Waals surface area contributed by atoms with E-state index in [1.807, 2.05) is 33.0 Å². The first-order valence-electron chi connectivity index (χ1n) is 10.7. The standard InChI is InChI=1S/C24H32N4OS/c1-15(2)22(26-6)27-19-12-17(4)20(13-16(19)3)29-23-18(14-25)21(28-30-23)24(5)10-8-7-9-11-24/h12-13,15H,7-11H2,1-6H3,(H,26,27). The molecule has 30 heavy (non-hydrogen) atoms. The van der Waals surface area contributed by atoms with Gasteiger partial charge in [0.25, 0.3) is 0 Å². The zero-order valence-corrected chi connectivity index (χ0v) is 19.7. The van der Waals surface area contributed by atoms with Gasteiger partial charge in [-0.25, -0.2) is 4.99 Å². The normalized spacial score (nSPS) is 16.4. The third-order valence-corrected chi connectivity index (χ3v) is 6.77. The zero-order chi connectivity index (χ0) is 21.9. The fraction of sp³-hybridized carbons (Fsp3) is 0.542. The smallest absolute Gasteiger partial charge is 0.218 e. The fourth-order valence-corrected chi connectivity index (χ4v) is 4.98. The quantitative estimate of drug-likeness (QED) is 0.436. The van der Waals surface area contributed by atoms with E-state index in [4.69, 9.17) is 9.73 Å². The van der Waals surface area contributed by atoms with Crippen LogP contribution in [0.3, 0.4) is 0 Å². The maximum Gasteiger partial charge on any atom is 0.218 e. The molecule has 160 valence electrons. The third kappa shape index (κ3) is 4.52. The molecule has 0 radical (unpaired) electrons. The van der Waals surface area contributed by atoms with Gasteiger partial charge in [0, 0.05) is 29.9 Å². The highest BCUT2D eigenvalue weighted by Gasteiger charge is 2.35. The highest BCUT2D eigenvalue weighted by Crippen LogP contribution is 2.44. The number of hydrogen-bond acceptors (Lipinski definition) is 5. The fourth-order valence-electron chi connectivity index (χ4n) is 4.13. The van der Waals surface area contributed by atoms with Crippen molar-refractivity contribution in [2.75, 3.05) is 7.05 Å². The molecular formula is C24H32N4OS. The lowest BCUT2D eigenvalue weighted by Gasteiger charge is -2.32. The molecule has 0 aliphatic heterocycles. The van der Waals surface area contributed by atoms with Crippen molar-refractivity contribution in [2.45, 2.75) is 72.1 Å². The number of aryl methyl sites for hydroxylation is 2. The van der Waals surface area contributed by atoms with Crippen molar-refractivity contribution in [3.8, 4) is 16.9 Å². The van der Waals surface area contributed by atoms with Gasteiger partial charge in [-0.3, -0.25) is 0 Å². The minimum absolute atomic E-state index is 0.0225. The molecule has 1 aromatic heterocycles. The number of nitrogens with zero attached hydrogens (tertiary/aromatic N) is 3. The van der Waals surface area contributed by atoms with Crippen LogP contribution in [-0.2, 0) is 5.41 Å². The van der Waals surface area contributed by atoms with Crippen LogP contribution in [0.2, 0.25) is 0 Å². The molecule has 1 aromatic carbocycles. The third-order valence-electron chi connectivity index (χ3n) is 6.04. The SMILES string of the molecule is CNC(=Nc1cc(C)c(Oc2snc(C3(C)CCCCC3)c2C#N)cc1C)C(C)C. The topological polar surface area (TPSA) is 70.3 Å². The first-order chi connectivity index (χ1) is 14.3. The molecule has 1 N–H and O–H groups in total. The Kier molecular flexibility index (Phi) is 6.82. The van der Waals surface area contributed by atoms with Crippen LogP contribution in [0.5, 0.6) is 10.8 Å². The molecule has 6 heteroatoms. The lowest BCUT2D eigenvalue weighted by Crippen LogP contribution is -2.26. The van der Waals surface area contributed by atoms with Gasteiger partial charge in [-0.05, 0) is 49.9 Å². The summed E-state index contributed by atoms with van der Waals surface area (Å²) in [6.07, 6.45) is 5.82. The highest BCUT2D eigenvalue weighted by molar-refractivity contribution is 7.08. The van der Waals surface area contributed by atoms with E-state index >= 15 is 0 Å². The Balaban J connectivity index is 1.92. The van der Waals surface area contributed by atoms with Crippen molar-refractivity contribution < 1.29 is 4.74 Å². The van der Waals surface area contributed by atoms with Crippen molar-refractivity contribution in [2.24, 2.45) is 10.9 Å². The van der Waals surface area contributed by atoms with E-state index in [1.165, 1.54) is 30.8 Å². The monoisotopic (exact) mass is 424 g/mol. The summed E-state index contributed by atoms with van der Waals surface area (Å²) in [5.74, 6) is 2.02. The molecule has 0 amide bonds. The van der Waals surface area contributed by atoms with E-state index in [0.717, 1.165) is 46.9 Å². The van der Waals surface area contributed by atoms with E-state index in [-0.39, 0.29) is 5.41 Å². The Bertz CT molecular complexity index is 978. The Labute approximate surface area is 184 Å². The highest BCUT2D eigenvalue weighted by atomic mass is 32.1. The Morgan fingerprint density at radius 3 is 2.53 bits per heavy atom. The predicted molar refractivity (Wildman–Crippen MR) is 124 cm³/mol. The molecule has 0 spiro atoms. The molecule has 0 unspecified atom stereocenters. The number of benzene rings is 1. The number of hydrogen-bond donors (Lipinski definition) is 1. The van der Waals surface area contributed by atoms with Crippen LogP contribution in [0.1, 0.15) is 75.3 Å². The van der Waals surface area contributed by atoms with E-state index in [1.54, 1.807) is 0 Å². The van der Waals surface area contributed by atoms with Gasteiger partial charge in [0.15, 0.2) is 0 Å². The Morgan fingerprint density at radius 2 is 1.93 bits per heavy atom. The molecule has 0 saturated heterocycles. The summed E-state index contributed by atoms with van der Waals surface area (Å²) in [5, 5.41) is 13.6. The van der Waals surface area contributed by atoms with Gasteiger partial charge in [-0.2, -0.15) is 9.64 Å². The van der Waals surface area contributed by atoms with Gasteiger partial charge in [-0.15, -0.1) is 0 Å². The van der Waals surface area contributed by atoms with Crippen molar-refractivity contribution in [3.63, 3.8) is 0 Å². The van der Waals surface area contributed by atoms with E-state index in [2.05, 4.69) is 36.5 Å². The summed E-state index contributed by atoms with van der Waals surface area (Å²) in [6, 6.07) is 6.42. The molecule has 1 fully saturated rings. The van der Waals surface area contributed by atoms with E-state index in [0.29, 0.717) is 16.5 Å². The predicted octanol–water partition coefficient (Wildman–Crippen LogP) is 6.55. The number of ether oxygens (including phenoxy) is 1. The molecule has 1 aliphatic rings. The molecule has 3 rings (SSSR count). The van der Waals surface area contributed by atoms with Crippen LogP contribution in [0, 0.1) is 31.1 Å². The van der Waals surface area contributed by atoms with Crippen molar-refractivity contribution in [3.05, 3.63) is 34.5 Å². The number of aromatic nitrogens is 1. The van der Waals surface area contributed by atoms with Crippen molar-refractivity contribution in [1.29, 1.82) is 5.26 Å². The summed E-state index contributed by atoms with van der Waals surface area (Å²) in [4.78, 5) is 4.78. The first-order valence-corrected chi connectivity index (χ1v) is 11.5. The average molecular weight is 425 g/mol. The van der Waals surface area contributed by atoms with Crippen molar-refractivity contribution >= 4 is 23.1 Å². The maximum absolute atomic E-state index is 9.87. The minimum Gasteiger partial charge on any atom is -0.443 e. The van der Waals surface area contributed by atoms with Gasteiger partial charge in [-0.1, -0.05) is 40.0 Å². The van der Waals surface area contributed by atoms with Crippen LogP contribution in [0.4, 0.5) is 5.69 Å². The van der Waals surface area contributed by atoms with Gasteiger partial charge in [0.05, 0.1) is 11.4 Å². The summed E-state index contributed by atoms with van der Waals surface area (Å²) < 4.78 is 10.9. The molecule has 2 aromatic rings. The number of nitriles is 1. The summed E-state index contributed by atoms with van der Waals surface area (Å²) in [6.45, 7) is 10.5. The second kappa shape index (κ2) is 9.18. The summed E-state index contributed by atoms with van der Waals surface area (Å²) >= 11 is 1.29. The molecule has 5 nitrogen and oxygen atoms in total. The first kappa shape index (κ1) is 22.3. The molecule has 1 aliphatic carbocycles. The summed E-state index contributed by atoms with van der Waals surface area (Å²) in [7, 11) is 1.90.